The number of hydrogen-bond acceptors (Lipinski definition) is 0. The molecule has 0 bridgehead atoms. The first-order valence-electron chi connectivity index (χ1n) is 30.1. The zero-order valence-corrected chi connectivity index (χ0v) is 47.7. The van der Waals surface area contributed by atoms with Crippen molar-refractivity contribution in [1.29, 1.82) is 0 Å². The average molecular weight is 1110 g/mol. The molecule has 2 heteroatoms. The first-order chi connectivity index (χ1) is 43.1. The highest BCUT2D eigenvalue weighted by Gasteiger charge is 2.47. The normalized spacial score (nSPS) is 12.5. The molecule has 2 heterocycles. The molecule has 0 aliphatic heterocycles. The van der Waals surface area contributed by atoms with E-state index in [2.05, 4.69) is 349 Å². The van der Waals surface area contributed by atoms with Crippen molar-refractivity contribution in [3.05, 3.63) is 362 Å². The number of nitrogens with zero attached hydrogens (tertiary/aromatic N) is 2. The molecule has 0 atom stereocenters. The lowest BCUT2D eigenvalue weighted by atomic mass is 9.65. The Morgan fingerprint density at radius 2 is 0.506 bits per heavy atom. The van der Waals surface area contributed by atoms with Gasteiger partial charge < -0.3 is 9.13 Å². The van der Waals surface area contributed by atoms with Gasteiger partial charge in [-0.25, -0.2) is 0 Å². The van der Waals surface area contributed by atoms with Crippen LogP contribution in [0.2, 0.25) is 0 Å². The Hall–Kier alpha value is -11.3. The topological polar surface area (TPSA) is 9.86 Å². The molecule has 16 aromatic rings. The molecule has 0 saturated carbocycles. The minimum Gasteiger partial charge on any atom is -0.309 e. The fourth-order valence-electron chi connectivity index (χ4n) is 14.5. The summed E-state index contributed by atoms with van der Waals surface area (Å²) in [5, 5.41) is 4.95. The summed E-state index contributed by atoms with van der Waals surface area (Å²) in [7, 11) is 0. The van der Waals surface area contributed by atoms with Crippen LogP contribution >= 0.6 is 0 Å². The van der Waals surface area contributed by atoms with Gasteiger partial charge in [-0.15, -0.1) is 0 Å². The summed E-state index contributed by atoms with van der Waals surface area (Å²) in [5.41, 5.74) is 28.6. The van der Waals surface area contributed by atoms with Crippen LogP contribution in [-0.2, 0) is 5.41 Å². The summed E-state index contributed by atoms with van der Waals surface area (Å²) < 4.78 is 4.84. The van der Waals surface area contributed by atoms with Crippen molar-refractivity contribution in [2.45, 2.75) is 5.41 Å². The van der Waals surface area contributed by atoms with Gasteiger partial charge in [-0.3, -0.25) is 0 Å². The SMILES string of the molecule is c1ccc(-c2cccc(-n3c4ccccc4c4cc(-c5ccc6c(c5)c5ccccc5n6-c5cccc(-c6ccc(-c7ccc(-c8cccc(C9(c%10ccccc%10-c%10ccccc%10)c%10ccccc%10-c%10ccccc%109)c8)cc7)cc6)c5)ccc43)c2)cc1. The molecule has 2 aromatic heterocycles. The van der Waals surface area contributed by atoms with Gasteiger partial charge in [0.25, 0.3) is 0 Å². The number of aromatic nitrogens is 2. The summed E-state index contributed by atoms with van der Waals surface area (Å²) in [4.78, 5) is 0. The molecule has 0 fully saturated rings. The lowest BCUT2D eigenvalue weighted by molar-refractivity contribution is 0.771. The van der Waals surface area contributed by atoms with Gasteiger partial charge in [0.2, 0.25) is 0 Å². The van der Waals surface area contributed by atoms with E-state index in [1.807, 2.05) is 0 Å². The Morgan fingerprint density at radius 1 is 0.184 bits per heavy atom. The van der Waals surface area contributed by atoms with Gasteiger partial charge in [0.05, 0.1) is 27.5 Å². The van der Waals surface area contributed by atoms with Crippen LogP contribution in [0.1, 0.15) is 22.3 Å². The van der Waals surface area contributed by atoms with Gasteiger partial charge in [0.15, 0.2) is 0 Å². The van der Waals surface area contributed by atoms with E-state index < -0.39 is 5.41 Å². The third kappa shape index (κ3) is 8.17. The molecule has 1 aliphatic rings. The predicted octanol–water partition coefficient (Wildman–Crippen LogP) is 22.2. The van der Waals surface area contributed by atoms with Crippen LogP contribution in [0.5, 0.6) is 0 Å². The standard InChI is InChI=1S/C85H56N2/c1-3-20-57(21-4-1)64-25-18-28-69(53-64)86-81-38-15-10-33-74(81)76-55-66(48-50-83(76)86)67-49-51-84-77(56-67)75-34-11-16-39-82(75)87(84)70-29-19-26-65(54-70)61-46-42-59(43-47-61)58-40-44-60(45-41-58)63-24-17-27-68(52-63)85(78-35-12-7-30-71(78)62-22-5-2-6-23-62)79-36-13-8-31-72(79)73-32-9-14-37-80(73)85/h1-56H. The first-order valence-corrected chi connectivity index (χ1v) is 30.1. The quantitative estimate of drug-likeness (QED) is 0.129. The summed E-state index contributed by atoms with van der Waals surface area (Å²) in [5.74, 6) is 0. The van der Waals surface area contributed by atoms with Gasteiger partial charge in [0.1, 0.15) is 0 Å². The predicted molar refractivity (Wildman–Crippen MR) is 365 cm³/mol. The maximum absolute atomic E-state index is 2.43. The van der Waals surface area contributed by atoms with Crippen LogP contribution in [0.15, 0.2) is 340 Å². The molecular formula is C85H56N2. The lowest BCUT2D eigenvalue weighted by Gasteiger charge is -2.36. The molecule has 0 N–H and O–H groups in total. The highest BCUT2D eigenvalue weighted by Crippen LogP contribution is 2.58. The Balaban J connectivity index is 0.676. The van der Waals surface area contributed by atoms with Gasteiger partial charge in [-0.2, -0.15) is 0 Å². The fourth-order valence-corrected chi connectivity index (χ4v) is 14.5. The molecule has 0 unspecified atom stereocenters. The maximum Gasteiger partial charge on any atom is 0.0719 e. The molecule has 0 amide bonds. The van der Waals surface area contributed by atoms with Crippen molar-refractivity contribution in [3.8, 4) is 89.3 Å². The Morgan fingerprint density at radius 3 is 1.00 bits per heavy atom. The molecule has 87 heavy (non-hydrogen) atoms. The highest BCUT2D eigenvalue weighted by molar-refractivity contribution is 6.13. The molecule has 14 aromatic carbocycles. The number of rotatable bonds is 10. The minimum absolute atomic E-state index is 0.536. The number of benzene rings is 14. The van der Waals surface area contributed by atoms with Gasteiger partial charge in [-0.05, 0) is 167 Å². The van der Waals surface area contributed by atoms with Gasteiger partial charge in [-0.1, -0.05) is 273 Å². The Kier molecular flexibility index (Phi) is 11.8. The van der Waals surface area contributed by atoms with E-state index >= 15 is 0 Å². The van der Waals surface area contributed by atoms with E-state index in [-0.39, 0.29) is 0 Å². The molecular weight excluding hydrogens is 1050 g/mol. The van der Waals surface area contributed by atoms with Crippen LogP contribution in [0.3, 0.4) is 0 Å². The molecule has 17 rings (SSSR count). The third-order valence-electron chi connectivity index (χ3n) is 18.4. The molecule has 2 nitrogen and oxygen atoms in total. The Labute approximate surface area is 506 Å². The van der Waals surface area contributed by atoms with Crippen molar-refractivity contribution in [2.24, 2.45) is 0 Å². The van der Waals surface area contributed by atoms with Crippen molar-refractivity contribution < 1.29 is 0 Å². The van der Waals surface area contributed by atoms with Crippen LogP contribution in [0, 0.1) is 0 Å². The fraction of sp³-hybridized carbons (Fsp3) is 0.0118. The Bertz CT molecular complexity index is 5270. The summed E-state index contributed by atoms with van der Waals surface area (Å²) in [6, 6.07) is 126. The van der Waals surface area contributed by atoms with E-state index in [9.17, 15) is 0 Å². The van der Waals surface area contributed by atoms with Crippen molar-refractivity contribution in [1.82, 2.24) is 9.13 Å². The summed E-state index contributed by atoms with van der Waals surface area (Å²) in [6.45, 7) is 0. The highest BCUT2D eigenvalue weighted by atomic mass is 15.0. The first kappa shape index (κ1) is 50.2. The summed E-state index contributed by atoms with van der Waals surface area (Å²) in [6.07, 6.45) is 0. The van der Waals surface area contributed by atoms with Crippen LogP contribution in [0.4, 0.5) is 0 Å². The van der Waals surface area contributed by atoms with E-state index in [4.69, 9.17) is 0 Å². The number of para-hydroxylation sites is 2. The largest absolute Gasteiger partial charge is 0.309 e. The van der Waals surface area contributed by atoms with Crippen molar-refractivity contribution in [3.63, 3.8) is 0 Å². The number of hydrogen-bond donors (Lipinski definition) is 0. The van der Waals surface area contributed by atoms with Gasteiger partial charge >= 0.3 is 0 Å². The maximum atomic E-state index is 2.43. The van der Waals surface area contributed by atoms with E-state index in [1.165, 1.54) is 144 Å². The third-order valence-corrected chi connectivity index (χ3v) is 18.4. The zero-order chi connectivity index (χ0) is 57.4. The second-order valence-corrected chi connectivity index (χ2v) is 23.1. The molecule has 406 valence electrons. The lowest BCUT2D eigenvalue weighted by Crippen LogP contribution is -2.29. The second-order valence-electron chi connectivity index (χ2n) is 23.1. The monoisotopic (exact) mass is 1100 g/mol. The van der Waals surface area contributed by atoms with Gasteiger partial charge in [0, 0.05) is 32.9 Å². The van der Waals surface area contributed by atoms with Crippen LogP contribution in [-0.4, -0.2) is 9.13 Å². The molecule has 1 aliphatic carbocycles. The number of fused-ring (bicyclic) bond motifs is 9. The second kappa shape index (κ2) is 20.5. The molecule has 0 spiro atoms. The van der Waals surface area contributed by atoms with Crippen molar-refractivity contribution in [2.75, 3.05) is 0 Å². The molecule has 0 saturated heterocycles. The zero-order valence-electron chi connectivity index (χ0n) is 47.7. The van der Waals surface area contributed by atoms with E-state index in [0.29, 0.717) is 0 Å². The van der Waals surface area contributed by atoms with Crippen LogP contribution in [0.25, 0.3) is 133 Å². The molecule has 0 radical (unpaired) electrons. The van der Waals surface area contributed by atoms with Crippen molar-refractivity contribution >= 4 is 43.6 Å². The average Bonchev–Trinajstić information content (AvgIpc) is 1.60. The summed E-state index contributed by atoms with van der Waals surface area (Å²) >= 11 is 0. The smallest absolute Gasteiger partial charge is 0.0719 e. The van der Waals surface area contributed by atoms with E-state index in [1.54, 1.807) is 0 Å². The van der Waals surface area contributed by atoms with E-state index in [0.717, 1.165) is 11.4 Å². The minimum atomic E-state index is -0.536. The van der Waals surface area contributed by atoms with Crippen LogP contribution < -0.4 is 0 Å².